The second kappa shape index (κ2) is 16.9. The molecule has 0 aromatic heterocycles. The fraction of sp³-hybridized carbons (Fsp3) is 0.270. The van der Waals surface area contributed by atoms with Crippen LogP contribution < -0.4 is 16.0 Å². The summed E-state index contributed by atoms with van der Waals surface area (Å²) in [6.45, 7) is 1.44. The first-order valence-electron chi connectivity index (χ1n) is 15.6. The summed E-state index contributed by atoms with van der Waals surface area (Å²) < 4.78 is 17.8. The van der Waals surface area contributed by atoms with Crippen LogP contribution in [0, 0.1) is 0 Å². The molecule has 4 aromatic rings. The second-order valence-electron chi connectivity index (χ2n) is 11.4. The standard InChI is InChI=1S/C37H39N3O7S/c1-24(42)38-29-16-18-32(19-17-29)48-23-31-21-34(27-10-8-26(22-41)9-11-27)47-36(46-31)28-12-14-30(15-13-28)39-37(44)40-33(35(43)45-2)20-25-6-4-3-5-7-25/h3-19,31,33-34,36,41H,20-23H2,1-2H3,(H,38,42)(H2,39,40,44)/t31-,33-,34+,36+/m0/s1. The first-order chi connectivity index (χ1) is 23.3. The summed E-state index contributed by atoms with van der Waals surface area (Å²) in [6, 6.07) is 30.6. The van der Waals surface area contributed by atoms with Gasteiger partial charge in [-0.15, -0.1) is 11.8 Å². The Labute approximate surface area is 284 Å². The lowest BCUT2D eigenvalue weighted by Gasteiger charge is -2.36. The Balaban J connectivity index is 1.25. The zero-order valence-electron chi connectivity index (χ0n) is 26.8. The van der Waals surface area contributed by atoms with Crippen molar-refractivity contribution in [2.24, 2.45) is 0 Å². The number of aliphatic hydroxyl groups is 1. The van der Waals surface area contributed by atoms with Crippen molar-refractivity contribution in [3.05, 3.63) is 125 Å². The van der Waals surface area contributed by atoms with E-state index >= 15 is 0 Å². The first kappa shape index (κ1) is 34.6. The van der Waals surface area contributed by atoms with Gasteiger partial charge < -0.3 is 35.3 Å². The van der Waals surface area contributed by atoms with E-state index in [4.69, 9.17) is 14.2 Å². The lowest BCUT2D eigenvalue weighted by Crippen LogP contribution is -2.45. The maximum absolute atomic E-state index is 12.8. The molecule has 11 heteroatoms. The molecule has 4 aromatic carbocycles. The van der Waals surface area contributed by atoms with E-state index < -0.39 is 24.3 Å². The average Bonchev–Trinajstić information content (AvgIpc) is 3.11. The van der Waals surface area contributed by atoms with Gasteiger partial charge in [0.2, 0.25) is 5.91 Å². The number of carbonyl (C=O) groups is 3. The van der Waals surface area contributed by atoms with Crippen LogP contribution in [0.2, 0.25) is 0 Å². The molecule has 1 saturated heterocycles. The van der Waals surface area contributed by atoms with Gasteiger partial charge in [-0.1, -0.05) is 66.7 Å². The van der Waals surface area contributed by atoms with Gasteiger partial charge in [-0.05, 0) is 53.1 Å². The van der Waals surface area contributed by atoms with Gasteiger partial charge >= 0.3 is 12.0 Å². The van der Waals surface area contributed by atoms with Gasteiger partial charge in [-0.25, -0.2) is 9.59 Å². The van der Waals surface area contributed by atoms with E-state index in [1.807, 2.05) is 91.0 Å². The molecule has 1 aliphatic rings. The van der Waals surface area contributed by atoms with Crippen molar-refractivity contribution in [2.45, 2.75) is 55.8 Å². The lowest BCUT2D eigenvalue weighted by atomic mass is 10.0. The Kier molecular flexibility index (Phi) is 12.2. The molecule has 3 amide bonds. The number of carbonyl (C=O) groups excluding carboxylic acids is 3. The Morgan fingerprint density at radius 3 is 2.12 bits per heavy atom. The van der Waals surface area contributed by atoms with E-state index in [9.17, 15) is 19.5 Å². The number of methoxy groups -OCH3 is 1. The molecule has 0 saturated carbocycles. The normalized spacial score (nSPS) is 17.9. The number of aliphatic hydroxyl groups excluding tert-OH is 1. The number of anilines is 2. The number of amides is 3. The van der Waals surface area contributed by atoms with Gasteiger partial charge in [0.25, 0.3) is 0 Å². The lowest BCUT2D eigenvalue weighted by molar-refractivity contribution is -0.245. The fourth-order valence-electron chi connectivity index (χ4n) is 5.28. The molecular formula is C37H39N3O7S. The SMILES string of the molecule is COC(=O)[C@H](Cc1ccccc1)NC(=O)Nc1ccc([C@@H]2O[C@H](CSc3ccc(NC(C)=O)cc3)C[C@H](c3ccc(CO)cc3)O2)cc1. The molecule has 5 rings (SSSR count). The van der Waals surface area contributed by atoms with Crippen LogP contribution in [0.15, 0.2) is 108 Å². The van der Waals surface area contributed by atoms with Crippen LogP contribution in [0.3, 0.4) is 0 Å². The predicted octanol–water partition coefficient (Wildman–Crippen LogP) is 6.38. The fourth-order valence-corrected chi connectivity index (χ4v) is 6.21. The van der Waals surface area contributed by atoms with E-state index in [1.54, 1.807) is 23.9 Å². The minimum atomic E-state index is -0.853. The smallest absolute Gasteiger partial charge is 0.328 e. The second-order valence-corrected chi connectivity index (χ2v) is 12.4. The number of nitrogens with one attached hydrogen (secondary N) is 3. The third-order valence-electron chi connectivity index (χ3n) is 7.74. The molecule has 1 fully saturated rings. The van der Waals surface area contributed by atoms with Crippen LogP contribution in [0.1, 0.15) is 48.0 Å². The Hall–Kier alpha value is -4.68. The molecular weight excluding hydrogens is 630 g/mol. The average molecular weight is 670 g/mol. The van der Waals surface area contributed by atoms with E-state index in [-0.39, 0.29) is 24.7 Å². The number of ether oxygens (including phenoxy) is 3. The number of benzene rings is 4. The number of rotatable bonds is 12. The minimum Gasteiger partial charge on any atom is -0.467 e. The highest BCUT2D eigenvalue weighted by atomic mass is 32.2. The third kappa shape index (κ3) is 9.91. The Morgan fingerprint density at radius 2 is 1.48 bits per heavy atom. The summed E-state index contributed by atoms with van der Waals surface area (Å²) in [4.78, 5) is 37.6. The first-order valence-corrected chi connectivity index (χ1v) is 16.6. The maximum Gasteiger partial charge on any atom is 0.328 e. The summed E-state index contributed by atoms with van der Waals surface area (Å²) in [5.41, 5.74) is 4.75. The highest BCUT2D eigenvalue weighted by Crippen LogP contribution is 2.39. The van der Waals surface area contributed by atoms with Crippen molar-refractivity contribution < 1.29 is 33.7 Å². The van der Waals surface area contributed by atoms with E-state index in [0.717, 1.165) is 32.8 Å². The zero-order chi connectivity index (χ0) is 33.9. The number of esters is 1. The minimum absolute atomic E-state index is 0.0354. The van der Waals surface area contributed by atoms with Crippen LogP contribution >= 0.6 is 11.8 Å². The molecule has 0 radical (unpaired) electrons. The van der Waals surface area contributed by atoms with Crippen LogP contribution in [0.25, 0.3) is 0 Å². The van der Waals surface area contributed by atoms with Gasteiger partial charge in [0.05, 0.1) is 25.9 Å². The van der Waals surface area contributed by atoms with Gasteiger partial charge in [-0.3, -0.25) is 4.79 Å². The Morgan fingerprint density at radius 1 is 0.833 bits per heavy atom. The van der Waals surface area contributed by atoms with Gasteiger partial charge in [0.1, 0.15) is 6.04 Å². The summed E-state index contributed by atoms with van der Waals surface area (Å²) in [5, 5.41) is 17.8. The van der Waals surface area contributed by atoms with Crippen molar-refractivity contribution >= 4 is 41.0 Å². The number of hydrogen-bond acceptors (Lipinski definition) is 8. The zero-order valence-corrected chi connectivity index (χ0v) is 27.6. The summed E-state index contributed by atoms with van der Waals surface area (Å²) in [5.74, 6) is 0.0220. The highest BCUT2D eigenvalue weighted by molar-refractivity contribution is 7.99. The highest BCUT2D eigenvalue weighted by Gasteiger charge is 2.32. The van der Waals surface area contributed by atoms with Crippen LogP contribution in [-0.2, 0) is 36.8 Å². The van der Waals surface area contributed by atoms with Crippen LogP contribution in [0.4, 0.5) is 16.2 Å². The van der Waals surface area contributed by atoms with Gasteiger partial charge in [0, 0.05) is 47.4 Å². The molecule has 0 aliphatic carbocycles. The molecule has 0 unspecified atom stereocenters. The topological polar surface area (TPSA) is 135 Å². The van der Waals surface area contributed by atoms with Crippen LogP contribution in [-0.4, -0.2) is 48.0 Å². The molecule has 1 aliphatic heterocycles. The monoisotopic (exact) mass is 669 g/mol. The largest absolute Gasteiger partial charge is 0.467 e. The van der Waals surface area contributed by atoms with Crippen LogP contribution in [0.5, 0.6) is 0 Å². The van der Waals surface area contributed by atoms with E-state index in [2.05, 4.69) is 16.0 Å². The molecule has 48 heavy (non-hydrogen) atoms. The van der Waals surface area contributed by atoms with Crippen molar-refractivity contribution in [2.75, 3.05) is 23.5 Å². The number of urea groups is 1. The molecule has 4 N–H and O–H groups in total. The maximum atomic E-state index is 12.8. The van der Waals surface area contributed by atoms with Gasteiger partial charge in [0.15, 0.2) is 6.29 Å². The molecule has 4 atom stereocenters. The number of thioether (sulfide) groups is 1. The molecule has 10 nitrogen and oxygen atoms in total. The van der Waals surface area contributed by atoms with E-state index in [1.165, 1.54) is 14.0 Å². The van der Waals surface area contributed by atoms with Crippen molar-refractivity contribution in [1.29, 1.82) is 0 Å². The molecule has 0 spiro atoms. The molecule has 0 bridgehead atoms. The quantitative estimate of drug-likeness (QED) is 0.101. The van der Waals surface area contributed by atoms with Gasteiger partial charge in [-0.2, -0.15) is 0 Å². The molecule has 1 heterocycles. The number of hydrogen-bond donors (Lipinski definition) is 4. The Bertz CT molecular complexity index is 1650. The third-order valence-corrected chi connectivity index (χ3v) is 8.88. The summed E-state index contributed by atoms with van der Waals surface area (Å²) in [6.07, 6.45) is -0.119. The summed E-state index contributed by atoms with van der Waals surface area (Å²) >= 11 is 1.66. The predicted molar refractivity (Wildman–Crippen MR) is 184 cm³/mol. The molecule has 250 valence electrons. The van der Waals surface area contributed by atoms with E-state index in [0.29, 0.717) is 24.3 Å². The van der Waals surface area contributed by atoms with Crippen molar-refractivity contribution in [3.63, 3.8) is 0 Å². The van der Waals surface area contributed by atoms with Crippen molar-refractivity contribution in [3.8, 4) is 0 Å². The van der Waals surface area contributed by atoms with Crippen molar-refractivity contribution in [1.82, 2.24) is 5.32 Å². The summed E-state index contributed by atoms with van der Waals surface area (Å²) in [7, 11) is 1.29.